The van der Waals surface area contributed by atoms with Crippen LogP contribution in [0.25, 0.3) is 0 Å². The second kappa shape index (κ2) is 9.52. The molecule has 0 fully saturated rings. The molecule has 1 aliphatic heterocycles. The van der Waals surface area contributed by atoms with Gasteiger partial charge in [0, 0.05) is 18.7 Å². The normalized spacial score (nSPS) is 15.2. The lowest BCUT2D eigenvalue weighted by molar-refractivity contribution is -0.134. The molecular formula is C25H32N2O4. The van der Waals surface area contributed by atoms with E-state index in [1.165, 1.54) is 10.5 Å². The minimum atomic E-state index is -0.691. The Morgan fingerprint density at radius 3 is 2.39 bits per heavy atom. The van der Waals surface area contributed by atoms with Gasteiger partial charge in [-0.2, -0.15) is 0 Å². The number of ether oxygens (including phenoxy) is 2. The summed E-state index contributed by atoms with van der Waals surface area (Å²) in [7, 11) is 5.32. The number of carbonyl (C=O) groups is 2. The highest BCUT2D eigenvalue weighted by molar-refractivity contribution is 6.12. The molecule has 0 N–H and O–H groups in total. The lowest BCUT2D eigenvalue weighted by Crippen LogP contribution is -2.52. The number of fused-ring (bicyclic) bond motifs is 1. The molecule has 0 aliphatic carbocycles. The summed E-state index contributed by atoms with van der Waals surface area (Å²) < 4.78 is 10.7. The lowest BCUT2D eigenvalue weighted by atomic mass is 9.77. The third kappa shape index (κ3) is 4.74. The molecule has 0 unspecified atom stereocenters. The molecule has 0 saturated carbocycles. The highest BCUT2D eigenvalue weighted by Crippen LogP contribution is 2.34. The molecular weight excluding hydrogens is 392 g/mol. The molecule has 2 aromatic rings. The number of carbonyl (C=O) groups excluding carboxylic acids is 2. The van der Waals surface area contributed by atoms with Crippen LogP contribution in [0.4, 0.5) is 0 Å². The van der Waals surface area contributed by atoms with E-state index >= 15 is 0 Å². The Hall–Kier alpha value is -2.86. The molecule has 2 amide bonds. The molecule has 1 heterocycles. The summed E-state index contributed by atoms with van der Waals surface area (Å²) in [4.78, 5) is 29.5. The third-order valence-electron chi connectivity index (χ3n) is 6.01. The van der Waals surface area contributed by atoms with Crippen LogP contribution in [0.15, 0.2) is 42.5 Å². The molecule has 31 heavy (non-hydrogen) atoms. The zero-order chi connectivity index (χ0) is 22.6. The Morgan fingerprint density at radius 1 is 0.968 bits per heavy atom. The van der Waals surface area contributed by atoms with Gasteiger partial charge >= 0.3 is 0 Å². The van der Waals surface area contributed by atoms with Gasteiger partial charge in [-0.25, -0.2) is 0 Å². The maximum Gasteiger partial charge on any atom is 0.260 e. The number of rotatable bonds is 9. The van der Waals surface area contributed by atoms with Crippen molar-refractivity contribution in [2.24, 2.45) is 0 Å². The van der Waals surface area contributed by atoms with Crippen molar-refractivity contribution in [3.63, 3.8) is 0 Å². The van der Waals surface area contributed by atoms with Crippen LogP contribution in [0, 0.1) is 0 Å². The molecule has 6 heteroatoms. The van der Waals surface area contributed by atoms with E-state index in [9.17, 15) is 9.59 Å². The Labute approximate surface area is 184 Å². The van der Waals surface area contributed by atoms with Crippen LogP contribution >= 0.6 is 0 Å². The summed E-state index contributed by atoms with van der Waals surface area (Å²) in [6.45, 7) is 5.87. The molecule has 0 radical (unpaired) electrons. The van der Waals surface area contributed by atoms with Gasteiger partial charge < -0.3 is 14.4 Å². The Bertz CT molecular complexity index is 954. The zero-order valence-electron chi connectivity index (χ0n) is 19.1. The first-order valence-corrected chi connectivity index (χ1v) is 10.6. The van der Waals surface area contributed by atoms with Gasteiger partial charge in [0.05, 0.1) is 19.6 Å². The monoisotopic (exact) mass is 424 g/mol. The predicted molar refractivity (Wildman–Crippen MR) is 121 cm³/mol. The number of amides is 2. The van der Waals surface area contributed by atoms with Gasteiger partial charge in [-0.3, -0.25) is 14.5 Å². The number of methoxy groups -OCH3 is 2. The van der Waals surface area contributed by atoms with E-state index in [1.807, 2.05) is 56.3 Å². The van der Waals surface area contributed by atoms with Crippen LogP contribution in [0.3, 0.4) is 0 Å². The standard InChI is InChI=1S/C25H32N2O4/c1-25(2)20-10-7-6-9-19(20)23(28)27(24(25)29)15-8-14-26(3)16-13-18-11-12-21(30-4)22(17-18)31-5/h6-7,9-12,17H,8,13-16H2,1-5H3. The second-order valence-electron chi connectivity index (χ2n) is 8.53. The third-order valence-corrected chi connectivity index (χ3v) is 6.01. The number of nitrogens with zero attached hydrogens (tertiary/aromatic N) is 2. The maximum absolute atomic E-state index is 13.0. The average molecular weight is 425 g/mol. The second-order valence-corrected chi connectivity index (χ2v) is 8.53. The molecule has 0 aromatic heterocycles. The molecule has 0 bridgehead atoms. The Balaban J connectivity index is 1.54. The van der Waals surface area contributed by atoms with E-state index in [-0.39, 0.29) is 11.8 Å². The van der Waals surface area contributed by atoms with Crippen molar-refractivity contribution in [2.75, 3.05) is 40.9 Å². The number of benzene rings is 2. The van der Waals surface area contributed by atoms with Crippen LogP contribution in [0.5, 0.6) is 11.5 Å². The van der Waals surface area contributed by atoms with Gasteiger partial charge in [0.15, 0.2) is 11.5 Å². The van der Waals surface area contributed by atoms with Crippen LogP contribution in [-0.2, 0) is 16.6 Å². The van der Waals surface area contributed by atoms with Crippen molar-refractivity contribution in [3.8, 4) is 11.5 Å². The van der Waals surface area contributed by atoms with Gasteiger partial charge in [0.2, 0.25) is 5.91 Å². The van der Waals surface area contributed by atoms with Crippen LogP contribution in [0.1, 0.15) is 41.8 Å². The number of hydrogen-bond acceptors (Lipinski definition) is 5. The lowest BCUT2D eigenvalue weighted by Gasteiger charge is -2.37. The van der Waals surface area contributed by atoms with Crippen molar-refractivity contribution in [2.45, 2.75) is 32.1 Å². The molecule has 0 atom stereocenters. The van der Waals surface area contributed by atoms with Crippen LogP contribution < -0.4 is 9.47 Å². The van der Waals surface area contributed by atoms with Crippen LogP contribution in [0.2, 0.25) is 0 Å². The van der Waals surface area contributed by atoms with E-state index in [1.54, 1.807) is 14.2 Å². The quantitative estimate of drug-likeness (QED) is 0.577. The SMILES string of the molecule is COc1ccc(CCN(C)CCCN2C(=O)c3ccccc3C(C)(C)C2=O)cc1OC. The first-order valence-electron chi connectivity index (χ1n) is 10.6. The van der Waals surface area contributed by atoms with Crippen molar-refractivity contribution in [3.05, 3.63) is 59.2 Å². The van der Waals surface area contributed by atoms with Crippen molar-refractivity contribution in [1.29, 1.82) is 0 Å². The summed E-state index contributed by atoms with van der Waals surface area (Å²) in [5.74, 6) is 1.14. The fraction of sp³-hybridized carbons (Fsp3) is 0.440. The number of likely N-dealkylation sites (N-methyl/N-ethyl adjacent to an activating group) is 1. The van der Waals surface area contributed by atoms with E-state index in [0.29, 0.717) is 12.1 Å². The molecule has 0 spiro atoms. The summed E-state index contributed by atoms with van der Waals surface area (Å²) >= 11 is 0. The van der Waals surface area contributed by atoms with Gasteiger partial charge in [0.25, 0.3) is 5.91 Å². The van der Waals surface area contributed by atoms with E-state index in [4.69, 9.17) is 9.47 Å². The molecule has 166 valence electrons. The summed E-state index contributed by atoms with van der Waals surface area (Å²) in [5.41, 5.74) is 1.93. The van der Waals surface area contributed by atoms with Gasteiger partial charge in [0.1, 0.15) is 0 Å². The molecule has 1 aliphatic rings. The van der Waals surface area contributed by atoms with Crippen molar-refractivity contribution in [1.82, 2.24) is 9.80 Å². The summed E-state index contributed by atoms with van der Waals surface area (Å²) in [6.07, 6.45) is 1.61. The molecule has 0 saturated heterocycles. The highest BCUT2D eigenvalue weighted by Gasteiger charge is 2.43. The van der Waals surface area contributed by atoms with E-state index in [2.05, 4.69) is 11.9 Å². The molecule has 6 nitrogen and oxygen atoms in total. The number of imide groups is 1. The predicted octanol–water partition coefficient (Wildman–Crippen LogP) is 3.53. The Kier molecular flexibility index (Phi) is 7.01. The fourth-order valence-corrected chi connectivity index (χ4v) is 4.07. The molecule has 3 rings (SSSR count). The van der Waals surface area contributed by atoms with Gasteiger partial charge in [-0.05, 0) is 69.6 Å². The smallest absolute Gasteiger partial charge is 0.260 e. The van der Waals surface area contributed by atoms with E-state index < -0.39 is 5.41 Å². The van der Waals surface area contributed by atoms with Crippen molar-refractivity contribution < 1.29 is 19.1 Å². The summed E-state index contributed by atoms with van der Waals surface area (Å²) in [6, 6.07) is 13.4. The fourth-order valence-electron chi connectivity index (χ4n) is 4.07. The first-order chi connectivity index (χ1) is 14.8. The van der Waals surface area contributed by atoms with Crippen LogP contribution in [-0.4, -0.2) is 62.5 Å². The number of hydrogen-bond donors (Lipinski definition) is 0. The van der Waals surface area contributed by atoms with Gasteiger partial charge in [-0.15, -0.1) is 0 Å². The molecule has 2 aromatic carbocycles. The Morgan fingerprint density at radius 2 is 1.68 bits per heavy atom. The maximum atomic E-state index is 13.0. The highest BCUT2D eigenvalue weighted by atomic mass is 16.5. The largest absolute Gasteiger partial charge is 0.493 e. The average Bonchev–Trinajstić information content (AvgIpc) is 2.78. The van der Waals surface area contributed by atoms with E-state index in [0.717, 1.165) is 43.0 Å². The minimum Gasteiger partial charge on any atom is -0.493 e. The summed E-state index contributed by atoms with van der Waals surface area (Å²) in [5, 5.41) is 0. The minimum absolute atomic E-state index is 0.121. The zero-order valence-corrected chi connectivity index (χ0v) is 19.1. The topological polar surface area (TPSA) is 59.1 Å². The first kappa shape index (κ1) is 22.8. The van der Waals surface area contributed by atoms with Crippen molar-refractivity contribution >= 4 is 11.8 Å². The van der Waals surface area contributed by atoms with Gasteiger partial charge in [-0.1, -0.05) is 24.3 Å².